The van der Waals surface area contributed by atoms with Gasteiger partial charge in [-0.15, -0.1) is 0 Å². The van der Waals surface area contributed by atoms with Crippen molar-refractivity contribution in [2.24, 2.45) is 0 Å². The molecule has 0 unspecified atom stereocenters. The minimum absolute atomic E-state index is 0.00672. The van der Waals surface area contributed by atoms with Gasteiger partial charge in [0.2, 0.25) is 0 Å². The Labute approximate surface area is 114 Å². The highest BCUT2D eigenvalue weighted by Crippen LogP contribution is 2.36. The van der Waals surface area contributed by atoms with Crippen molar-refractivity contribution < 1.29 is 23.4 Å². The Morgan fingerprint density at radius 2 is 2.16 bits per heavy atom. The van der Waals surface area contributed by atoms with Crippen molar-refractivity contribution in [3.63, 3.8) is 0 Å². The summed E-state index contributed by atoms with van der Waals surface area (Å²) < 4.78 is 32.6. The molecule has 0 bridgehead atoms. The average Bonchev–Trinajstić information content (AvgIpc) is 2.83. The van der Waals surface area contributed by atoms with E-state index in [1.54, 1.807) is 0 Å². The third-order valence-electron chi connectivity index (χ3n) is 2.41. The lowest BCUT2D eigenvalue weighted by molar-refractivity contribution is 0.0690. The van der Waals surface area contributed by atoms with Gasteiger partial charge in [-0.05, 0) is 22.0 Å². The van der Waals surface area contributed by atoms with Crippen molar-refractivity contribution in [3.05, 3.63) is 33.9 Å². The summed E-state index contributed by atoms with van der Waals surface area (Å²) in [5.41, 5.74) is -0.840. The van der Waals surface area contributed by atoms with Crippen molar-refractivity contribution in [2.75, 3.05) is 7.11 Å². The van der Waals surface area contributed by atoms with Gasteiger partial charge in [0, 0.05) is 6.07 Å². The normalized spacial score (nSPS) is 10.5. The fourth-order valence-electron chi connectivity index (χ4n) is 1.52. The van der Waals surface area contributed by atoms with Gasteiger partial charge in [0.15, 0.2) is 5.82 Å². The van der Waals surface area contributed by atoms with E-state index in [1.165, 1.54) is 7.11 Å². The molecule has 100 valence electrons. The van der Waals surface area contributed by atoms with Gasteiger partial charge in [0.25, 0.3) is 0 Å². The van der Waals surface area contributed by atoms with Crippen LogP contribution in [0.2, 0.25) is 0 Å². The predicted molar refractivity (Wildman–Crippen MR) is 65.2 cm³/mol. The Kier molecular flexibility index (Phi) is 3.52. The lowest BCUT2D eigenvalue weighted by atomic mass is 10.1. The smallest absolute Gasteiger partial charge is 0.353 e. The Balaban J connectivity index is 2.61. The number of benzene rings is 1. The molecular weight excluding hydrogens is 326 g/mol. The van der Waals surface area contributed by atoms with Crippen LogP contribution in [0.5, 0.6) is 5.75 Å². The molecule has 0 saturated heterocycles. The van der Waals surface area contributed by atoms with E-state index in [0.717, 1.165) is 12.1 Å². The zero-order valence-corrected chi connectivity index (χ0v) is 11.1. The van der Waals surface area contributed by atoms with E-state index >= 15 is 0 Å². The fraction of sp³-hybridized carbons (Fsp3) is 0.0909. The first-order chi connectivity index (χ1) is 8.95. The number of methoxy groups -OCH3 is 1. The van der Waals surface area contributed by atoms with E-state index in [4.69, 9.17) is 9.84 Å². The van der Waals surface area contributed by atoms with Gasteiger partial charge in [-0.2, -0.15) is 5.10 Å². The van der Waals surface area contributed by atoms with Crippen molar-refractivity contribution in [1.29, 1.82) is 0 Å². The van der Waals surface area contributed by atoms with Gasteiger partial charge in [0.05, 0.1) is 22.8 Å². The fourth-order valence-corrected chi connectivity index (χ4v) is 1.99. The summed E-state index contributed by atoms with van der Waals surface area (Å²) in [5.74, 6) is -3.10. The van der Waals surface area contributed by atoms with Gasteiger partial charge in [-0.3, -0.25) is 5.10 Å². The number of H-pyrrole nitrogens is 1. The van der Waals surface area contributed by atoms with Crippen LogP contribution in [0.1, 0.15) is 10.5 Å². The number of rotatable bonds is 3. The SMILES string of the molecule is COc1cc(F)c(-c2cc(C(=O)O)[nH]n2)c(F)c1Br. The highest BCUT2D eigenvalue weighted by Gasteiger charge is 2.22. The largest absolute Gasteiger partial charge is 0.495 e. The molecule has 2 N–H and O–H groups in total. The molecule has 19 heavy (non-hydrogen) atoms. The van der Waals surface area contributed by atoms with E-state index in [2.05, 4.69) is 26.1 Å². The number of nitrogens with zero attached hydrogens (tertiary/aromatic N) is 1. The first-order valence-electron chi connectivity index (χ1n) is 4.96. The van der Waals surface area contributed by atoms with Crippen LogP contribution in [0.25, 0.3) is 11.3 Å². The van der Waals surface area contributed by atoms with Crippen LogP contribution in [0.3, 0.4) is 0 Å². The summed E-state index contributed by atoms with van der Waals surface area (Å²) in [6, 6.07) is 2.03. The van der Waals surface area contributed by atoms with E-state index < -0.39 is 23.2 Å². The number of aromatic carboxylic acids is 1. The molecule has 2 rings (SSSR count). The number of carboxylic acids is 1. The topological polar surface area (TPSA) is 75.2 Å². The molecule has 0 radical (unpaired) electrons. The molecule has 0 fully saturated rings. The number of halogens is 3. The maximum Gasteiger partial charge on any atom is 0.353 e. The number of hydrogen-bond donors (Lipinski definition) is 2. The molecule has 0 saturated carbocycles. The van der Waals surface area contributed by atoms with Crippen molar-refractivity contribution in [3.8, 4) is 17.0 Å². The molecule has 8 heteroatoms. The average molecular weight is 333 g/mol. The van der Waals surface area contributed by atoms with Crippen LogP contribution in [-0.4, -0.2) is 28.4 Å². The third kappa shape index (κ3) is 2.30. The zero-order valence-electron chi connectivity index (χ0n) is 9.50. The van der Waals surface area contributed by atoms with Gasteiger partial charge in [0.1, 0.15) is 17.3 Å². The summed E-state index contributed by atoms with van der Waals surface area (Å²) in [5, 5.41) is 14.5. The summed E-state index contributed by atoms with van der Waals surface area (Å²) in [4.78, 5) is 10.7. The summed E-state index contributed by atoms with van der Waals surface area (Å²) in [6.45, 7) is 0. The Morgan fingerprint density at radius 3 is 2.68 bits per heavy atom. The number of aromatic amines is 1. The van der Waals surface area contributed by atoms with E-state index in [0.29, 0.717) is 0 Å². The van der Waals surface area contributed by atoms with Gasteiger partial charge < -0.3 is 9.84 Å². The van der Waals surface area contributed by atoms with E-state index in [-0.39, 0.29) is 21.6 Å². The molecule has 0 aliphatic carbocycles. The number of aromatic nitrogens is 2. The van der Waals surface area contributed by atoms with Crippen molar-refractivity contribution in [1.82, 2.24) is 10.2 Å². The monoisotopic (exact) mass is 332 g/mol. The molecule has 0 aliphatic heterocycles. The van der Waals surface area contributed by atoms with Crippen LogP contribution in [0.4, 0.5) is 8.78 Å². The lowest BCUT2D eigenvalue weighted by Crippen LogP contribution is -1.96. The van der Waals surface area contributed by atoms with Gasteiger partial charge >= 0.3 is 5.97 Å². The van der Waals surface area contributed by atoms with Crippen LogP contribution < -0.4 is 4.74 Å². The molecule has 5 nitrogen and oxygen atoms in total. The van der Waals surface area contributed by atoms with Crippen molar-refractivity contribution in [2.45, 2.75) is 0 Å². The lowest BCUT2D eigenvalue weighted by Gasteiger charge is -2.08. The second-order valence-electron chi connectivity index (χ2n) is 3.54. The van der Waals surface area contributed by atoms with Gasteiger partial charge in [-0.25, -0.2) is 13.6 Å². The quantitative estimate of drug-likeness (QED) is 0.847. The Hall–Kier alpha value is -1.96. The molecule has 0 atom stereocenters. The standard InChI is InChI=1S/C11H7BrF2N2O3/c1-19-7-2-4(13)8(10(14)9(7)12)5-3-6(11(17)18)16-15-5/h2-3H,1H3,(H,15,16)(H,17,18). The molecule has 2 aromatic rings. The molecule has 1 aromatic carbocycles. The molecule has 1 aromatic heterocycles. The predicted octanol–water partition coefficient (Wildman–Crippen LogP) is 2.82. The zero-order chi connectivity index (χ0) is 14.2. The molecule has 0 aliphatic rings. The Bertz CT molecular complexity index is 658. The molecule has 0 spiro atoms. The first kappa shape index (κ1) is 13.5. The van der Waals surface area contributed by atoms with Crippen LogP contribution >= 0.6 is 15.9 Å². The number of nitrogens with one attached hydrogen (secondary N) is 1. The Morgan fingerprint density at radius 1 is 1.47 bits per heavy atom. The van der Waals surface area contributed by atoms with Gasteiger partial charge in [-0.1, -0.05) is 0 Å². The van der Waals surface area contributed by atoms with Crippen molar-refractivity contribution >= 4 is 21.9 Å². The van der Waals surface area contributed by atoms with Crippen LogP contribution in [-0.2, 0) is 0 Å². The maximum absolute atomic E-state index is 14.0. The molecule has 1 heterocycles. The number of ether oxygens (including phenoxy) is 1. The molecular formula is C11H7BrF2N2O3. The summed E-state index contributed by atoms with van der Waals surface area (Å²) >= 11 is 2.94. The number of carboxylic acid groups (broad SMARTS) is 1. The van der Waals surface area contributed by atoms with Crippen LogP contribution in [0, 0.1) is 11.6 Å². The highest BCUT2D eigenvalue weighted by atomic mass is 79.9. The third-order valence-corrected chi connectivity index (χ3v) is 3.15. The van der Waals surface area contributed by atoms with Crippen LogP contribution in [0.15, 0.2) is 16.6 Å². The summed E-state index contributed by atoms with van der Waals surface area (Å²) in [7, 11) is 1.27. The number of hydrogen-bond acceptors (Lipinski definition) is 3. The highest BCUT2D eigenvalue weighted by molar-refractivity contribution is 9.10. The second-order valence-corrected chi connectivity index (χ2v) is 4.33. The molecule has 0 amide bonds. The minimum Gasteiger partial charge on any atom is -0.495 e. The minimum atomic E-state index is -1.27. The number of carbonyl (C=O) groups is 1. The second kappa shape index (κ2) is 4.96. The first-order valence-corrected chi connectivity index (χ1v) is 5.75. The summed E-state index contributed by atoms with van der Waals surface area (Å²) in [6.07, 6.45) is 0. The van der Waals surface area contributed by atoms with E-state index in [9.17, 15) is 13.6 Å². The maximum atomic E-state index is 14.0. The van der Waals surface area contributed by atoms with E-state index in [1.807, 2.05) is 0 Å².